The van der Waals surface area contributed by atoms with Crippen molar-refractivity contribution in [3.8, 4) is 0 Å². The number of epoxide rings is 1. The summed E-state index contributed by atoms with van der Waals surface area (Å²) in [5, 5.41) is 18.4. The number of alkyl carbamates (subject to hydrolysis) is 1. The number of allylic oxidation sites excluding steroid dienone is 3. The number of rotatable bonds is 15. The number of amides is 3. The van der Waals surface area contributed by atoms with Gasteiger partial charge in [0.1, 0.15) is 28.6 Å². The summed E-state index contributed by atoms with van der Waals surface area (Å²) < 4.78 is 29.1. The third-order valence-electron chi connectivity index (χ3n) is 10.9. The molecular formula is C43H57ClN4O10S2. The zero-order chi connectivity index (χ0) is 43.5. The molecule has 3 aliphatic rings. The summed E-state index contributed by atoms with van der Waals surface area (Å²) in [6.45, 7) is 10.5. The smallest absolute Gasteiger partial charge is 0.409 e. The fourth-order valence-electron chi connectivity index (χ4n) is 7.23. The second kappa shape index (κ2) is 21.9. The van der Waals surface area contributed by atoms with E-state index in [1.165, 1.54) is 15.7 Å². The number of aryl methyl sites for hydroxylation is 1. The molecule has 4 heterocycles. The molecule has 4 bridgehead atoms. The van der Waals surface area contributed by atoms with Crippen molar-refractivity contribution in [2.24, 2.45) is 11.8 Å². The molecule has 2 fully saturated rings. The summed E-state index contributed by atoms with van der Waals surface area (Å²) in [5.74, 6) is -1.24. The summed E-state index contributed by atoms with van der Waals surface area (Å²) in [6.07, 6.45) is 5.06. The molecular weight excluding hydrogens is 832 g/mol. The Balaban J connectivity index is 1.16. The van der Waals surface area contributed by atoms with E-state index in [-0.39, 0.29) is 50.9 Å². The molecule has 2 aromatic rings. The first-order valence-corrected chi connectivity index (χ1v) is 22.9. The monoisotopic (exact) mass is 888 g/mol. The Labute approximate surface area is 365 Å². The molecule has 328 valence electrons. The number of halogens is 1. The SMILES string of the molecule is C/C1=C\C=C\C(C)C2(O)CC(OC(=O)N2)C(C)C2OC2(C)C(OC(=O)CCOCCOCCNC(=O)CCSSc2ccccn2)CC(=O)N(C)c2cc(cc(C)c2Cl)C1. The van der Waals surface area contributed by atoms with Crippen molar-refractivity contribution >= 4 is 62.8 Å². The third-order valence-corrected chi connectivity index (χ3v) is 13.7. The van der Waals surface area contributed by atoms with Crippen molar-refractivity contribution in [2.45, 2.75) is 101 Å². The fraction of sp³-hybridized carbons (Fsp3) is 0.558. The number of nitrogens with one attached hydrogen (secondary N) is 2. The summed E-state index contributed by atoms with van der Waals surface area (Å²) in [5.41, 5.74) is 0.609. The van der Waals surface area contributed by atoms with E-state index in [1.807, 2.05) is 76.3 Å². The fourth-order valence-corrected chi connectivity index (χ4v) is 9.33. The number of nitrogens with zero attached hydrogens (tertiary/aromatic N) is 2. The Morgan fingerprint density at radius 1 is 1.12 bits per heavy atom. The van der Waals surface area contributed by atoms with Crippen LogP contribution in [0.3, 0.4) is 0 Å². The Bertz CT molecular complexity index is 1890. The first-order chi connectivity index (χ1) is 28.6. The van der Waals surface area contributed by atoms with E-state index in [9.17, 15) is 24.3 Å². The van der Waals surface area contributed by atoms with Crippen LogP contribution in [0.5, 0.6) is 0 Å². The molecule has 0 radical (unpaired) electrons. The van der Waals surface area contributed by atoms with Crippen LogP contribution in [0.25, 0.3) is 0 Å². The van der Waals surface area contributed by atoms with Crippen LogP contribution in [-0.4, -0.2) is 109 Å². The van der Waals surface area contributed by atoms with E-state index >= 15 is 0 Å². The zero-order valence-electron chi connectivity index (χ0n) is 35.1. The quantitative estimate of drug-likeness (QED) is 0.0781. The highest BCUT2D eigenvalue weighted by molar-refractivity contribution is 8.76. The normalized spacial score (nSPS) is 28.4. The van der Waals surface area contributed by atoms with Crippen LogP contribution < -0.4 is 15.5 Å². The minimum Gasteiger partial charge on any atom is -0.459 e. The van der Waals surface area contributed by atoms with Crippen LogP contribution in [0, 0.1) is 18.8 Å². The lowest BCUT2D eigenvalue weighted by molar-refractivity contribution is -0.155. The van der Waals surface area contributed by atoms with Crippen LogP contribution in [0.1, 0.15) is 64.5 Å². The molecule has 3 N–H and O–H groups in total. The number of carbonyl (C=O) groups is 4. The first-order valence-electron chi connectivity index (χ1n) is 20.2. The van der Waals surface area contributed by atoms with Crippen molar-refractivity contribution < 1.29 is 48.0 Å². The molecule has 17 heteroatoms. The second-order valence-electron chi connectivity index (χ2n) is 15.7. The zero-order valence-corrected chi connectivity index (χ0v) is 37.5. The van der Waals surface area contributed by atoms with Crippen molar-refractivity contribution in [3.63, 3.8) is 0 Å². The average Bonchev–Trinajstić information content (AvgIpc) is 3.91. The second-order valence-corrected chi connectivity index (χ2v) is 18.5. The van der Waals surface area contributed by atoms with Gasteiger partial charge in [0.15, 0.2) is 0 Å². The average molecular weight is 890 g/mol. The largest absolute Gasteiger partial charge is 0.459 e. The summed E-state index contributed by atoms with van der Waals surface area (Å²) >= 11 is 6.77. The number of aliphatic hydroxyl groups is 1. The van der Waals surface area contributed by atoms with Gasteiger partial charge in [0, 0.05) is 50.2 Å². The van der Waals surface area contributed by atoms with Gasteiger partial charge >= 0.3 is 12.1 Å². The van der Waals surface area contributed by atoms with Gasteiger partial charge in [-0.1, -0.05) is 72.2 Å². The third kappa shape index (κ3) is 13.2. The first kappa shape index (κ1) is 47.4. The number of benzene rings is 1. The van der Waals surface area contributed by atoms with E-state index in [2.05, 4.69) is 15.6 Å². The van der Waals surface area contributed by atoms with E-state index in [1.54, 1.807) is 31.0 Å². The van der Waals surface area contributed by atoms with Gasteiger partial charge in [-0.2, -0.15) is 0 Å². The lowest BCUT2D eigenvalue weighted by Crippen LogP contribution is -2.60. The van der Waals surface area contributed by atoms with Gasteiger partial charge in [0.05, 0.1) is 56.1 Å². The number of ether oxygens (including phenoxy) is 5. The molecule has 7 unspecified atom stereocenters. The van der Waals surface area contributed by atoms with Crippen molar-refractivity contribution in [1.29, 1.82) is 0 Å². The molecule has 0 aliphatic carbocycles. The van der Waals surface area contributed by atoms with Gasteiger partial charge in [0.25, 0.3) is 0 Å². The minimum atomic E-state index is -1.59. The minimum absolute atomic E-state index is 0.0524. The number of carbonyl (C=O) groups excluding carboxylic acids is 4. The predicted octanol–water partition coefficient (Wildman–Crippen LogP) is 6.35. The molecule has 1 aromatic heterocycles. The topological polar surface area (TPSA) is 178 Å². The molecule has 7 atom stereocenters. The van der Waals surface area contributed by atoms with Gasteiger partial charge in [-0.05, 0) is 67.3 Å². The summed E-state index contributed by atoms with van der Waals surface area (Å²) in [4.78, 5) is 58.0. The number of anilines is 1. The molecule has 5 rings (SSSR count). The maximum absolute atomic E-state index is 14.0. The molecule has 3 aliphatic heterocycles. The Morgan fingerprint density at radius 2 is 1.88 bits per heavy atom. The van der Waals surface area contributed by atoms with Gasteiger partial charge in [-0.25, -0.2) is 9.78 Å². The molecule has 3 amide bonds. The van der Waals surface area contributed by atoms with Crippen LogP contribution in [-0.2, 0) is 44.5 Å². The highest BCUT2D eigenvalue weighted by Crippen LogP contribution is 2.49. The lowest BCUT2D eigenvalue weighted by Gasteiger charge is -2.41. The Kier molecular flexibility index (Phi) is 17.3. The molecule has 60 heavy (non-hydrogen) atoms. The molecule has 1 aromatic carbocycles. The van der Waals surface area contributed by atoms with Crippen LogP contribution in [0.2, 0.25) is 5.02 Å². The number of hydrogen-bond acceptors (Lipinski definition) is 13. The number of fused-ring (bicyclic) bond motifs is 5. The summed E-state index contributed by atoms with van der Waals surface area (Å²) in [6, 6.07) is 9.57. The maximum atomic E-state index is 14.0. The Hall–Kier alpha value is -3.64. The van der Waals surface area contributed by atoms with E-state index in [4.69, 9.17) is 35.3 Å². The van der Waals surface area contributed by atoms with Gasteiger partial charge in [0.2, 0.25) is 11.8 Å². The van der Waals surface area contributed by atoms with Crippen LogP contribution in [0.4, 0.5) is 10.5 Å². The van der Waals surface area contributed by atoms with E-state index in [0.717, 1.165) is 21.7 Å². The molecule has 2 saturated heterocycles. The van der Waals surface area contributed by atoms with Gasteiger partial charge < -0.3 is 39.0 Å². The Morgan fingerprint density at radius 3 is 2.63 bits per heavy atom. The van der Waals surface area contributed by atoms with Gasteiger partial charge in [-0.15, -0.1) is 0 Å². The summed E-state index contributed by atoms with van der Waals surface area (Å²) in [7, 11) is 4.74. The number of hydrogen-bond donors (Lipinski definition) is 3. The molecule has 0 spiro atoms. The molecule has 14 nitrogen and oxygen atoms in total. The van der Waals surface area contributed by atoms with Crippen LogP contribution in [0.15, 0.2) is 65.4 Å². The molecule has 0 saturated carbocycles. The van der Waals surface area contributed by atoms with E-state index < -0.39 is 53.5 Å². The van der Waals surface area contributed by atoms with E-state index in [0.29, 0.717) is 42.5 Å². The number of esters is 1. The standard InChI is InChI=1S/C43H57ClN4O10S2/c1-27-10-9-11-29(3)43(53)26-33(56-41(52)47-43)30(4)40-42(5,58-40)34(25-37(50)48(6)32-24-31(22-27)23-28(2)39(32)44)57-38(51)13-17-54-19-20-55-18-16-45-35(49)14-21-59-60-36-12-7-8-15-46-36/h7-12,15,23-24,29-30,33-34,40,53H,13-14,16-22,25-26H2,1-6H3,(H,45,49)(H,47,52)/b11-9+,27-10+. The van der Waals surface area contributed by atoms with Crippen molar-refractivity contribution in [3.05, 3.63) is 76.5 Å². The highest BCUT2D eigenvalue weighted by Gasteiger charge is 2.64. The maximum Gasteiger partial charge on any atom is 0.409 e. The highest BCUT2D eigenvalue weighted by atomic mass is 35.5. The van der Waals surface area contributed by atoms with Crippen molar-refractivity contribution in [1.82, 2.24) is 15.6 Å². The van der Waals surface area contributed by atoms with Gasteiger partial charge in [-0.3, -0.25) is 19.7 Å². The lowest BCUT2D eigenvalue weighted by atomic mass is 9.82. The predicted molar refractivity (Wildman–Crippen MR) is 232 cm³/mol. The van der Waals surface area contributed by atoms with Crippen molar-refractivity contribution in [2.75, 3.05) is 50.7 Å². The van der Waals surface area contributed by atoms with Crippen LogP contribution >= 0.6 is 33.2 Å². The number of pyridine rings is 1. The number of aromatic nitrogens is 1.